The fourth-order valence-corrected chi connectivity index (χ4v) is 2.51. The summed E-state index contributed by atoms with van der Waals surface area (Å²) in [7, 11) is 0. The number of carbonyl (C=O) groups is 1. The zero-order chi connectivity index (χ0) is 14.0. The second-order valence-corrected chi connectivity index (χ2v) is 6.35. The fourth-order valence-electron chi connectivity index (χ4n) is 2.51. The van der Waals surface area contributed by atoms with E-state index in [-0.39, 0.29) is 11.5 Å². The molecule has 0 spiro atoms. The molecule has 0 saturated carbocycles. The summed E-state index contributed by atoms with van der Waals surface area (Å²) in [5.74, 6) is -0.713. The molecule has 1 aromatic rings. The number of piperidine rings is 1. The molecule has 1 aliphatic rings. The van der Waals surface area contributed by atoms with Gasteiger partial charge in [-0.25, -0.2) is 0 Å². The lowest BCUT2D eigenvalue weighted by molar-refractivity contribution is -0.144. The Kier molecular flexibility index (Phi) is 3.94. The van der Waals surface area contributed by atoms with Crippen molar-refractivity contribution in [3.8, 4) is 0 Å². The average Bonchev–Trinajstić information content (AvgIpc) is 2.77. The normalized spacial score (nSPS) is 21.5. The van der Waals surface area contributed by atoms with Gasteiger partial charge in [0, 0.05) is 17.7 Å². The van der Waals surface area contributed by atoms with Gasteiger partial charge in [-0.1, -0.05) is 27.2 Å². The van der Waals surface area contributed by atoms with E-state index in [9.17, 15) is 9.90 Å². The van der Waals surface area contributed by atoms with Gasteiger partial charge < -0.3 is 5.11 Å². The van der Waals surface area contributed by atoms with Crippen LogP contribution in [-0.4, -0.2) is 38.8 Å². The lowest BCUT2D eigenvalue weighted by atomic mass is 9.92. The van der Waals surface area contributed by atoms with E-state index >= 15 is 0 Å². The van der Waals surface area contributed by atoms with Crippen molar-refractivity contribution in [3.63, 3.8) is 0 Å². The van der Waals surface area contributed by atoms with E-state index in [0.29, 0.717) is 6.54 Å². The summed E-state index contributed by atoms with van der Waals surface area (Å²) >= 11 is 0. The first kappa shape index (κ1) is 14.1. The number of aromatic nitrogens is 2. The number of rotatable bonds is 3. The maximum absolute atomic E-state index is 11.3. The Morgan fingerprint density at radius 1 is 1.53 bits per heavy atom. The Bertz CT molecular complexity index is 448. The van der Waals surface area contributed by atoms with E-state index in [1.54, 1.807) is 0 Å². The molecule has 5 heteroatoms. The monoisotopic (exact) mass is 265 g/mol. The van der Waals surface area contributed by atoms with Crippen molar-refractivity contribution < 1.29 is 9.90 Å². The quantitative estimate of drug-likeness (QED) is 0.878. The summed E-state index contributed by atoms with van der Waals surface area (Å²) in [6.07, 6.45) is 2.82. The molecule has 106 valence electrons. The third-order valence-corrected chi connectivity index (χ3v) is 3.67. The first-order valence-electron chi connectivity index (χ1n) is 6.89. The van der Waals surface area contributed by atoms with Crippen molar-refractivity contribution in [2.24, 2.45) is 0 Å². The first-order chi connectivity index (χ1) is 8.88. The minimum Gasteiger partial charge on any atom is -0.480 e. The molecule has 0 bridgehead atoms. The minimum absolute atomic E-state index is 0.0167. The molecule has 0 radical (unpaired) electrons. The van der Waals surface area contributed by atoms with E-state index in [1.807, 2.05) is 11.0 Å². The molecular weight excluding hydrogens is 242 g/mol. The van der Waals surface area contributed by atoms with Gasteiger partial charge in [0.2, 0.25) is 0 Å². The number of aromatic amines is 1. The van der Waals surface area contributed by atoms with Gasteiger partial charge in [0.15, 0.2) is 0 Å². The zero-order valence-electron chi connectivity index (χ0n) is 11.9. The summed E-state index contributed by atoms with van der Waals surface area (Å²) in [4.78, 5) is 13.3. The Morgan fingerprint density at radius 3 is 2.84 bits per heavy atom. The number of hydrogen-bond acceptors (Lipinski definition) is 3. The molecule has 0 aliphatic carbocycles. The van der Waals surface area contributed by atoms with Gasteiger partial charge in [0.1, 0.15) is 6.04 Å². The van der Waals surface area contributed by atoms with Crippen molar-refractivity contribution in [2.75, 3.05) is 6.54 Å². The summed E-state index contributed by atoms with van der Waals surface area (Å²) in [5.41, 5.74) is 2.03. The first-order valence-corrected chi connectivity index (χ1v) is 6.89. The summed E-state index contributed by atoms with van der Waals surface area (Å²) in [5, 5.41) is 16.6. The molecule has 1 unspecified atom stereocenters. The predicted molar refractivity (Wildman–Crippen MR) is 73.0 cm³/mol. The van der Waals surface area contributed by atoms with Gasteiger partial charge in [0.25, 0.3) is 0 Å². The van der Waals surface area contributed by atoms with Crippen LogP contribution < -0.4 is 0 Å². The summed E-state index contributed by atoms with van der Waals surface area (Å²) < 4.78 is 0. The van der Waals surface area contributed by atoms with Crippen molar-refractivity contribution in [3.05, 3.63) is 17.5 Å². The lowest BCUT2D eigenvalue weighted by Crippen LogP contribution is -2.44. The summed E-state index contributed by atoms with van der Waals surface area (Å²) in [6, 6.07) is 1.70. The van der Waals surface area contributed by atoms with Crippen LogP contribution in [0.1, 0.15) is 51.4 Å². The molecule has 0 amide bonds. The maximum atomic E-state index is 11.3. The van der Waals surface area contributed by atoms with Crippen LogP contribution >= 0.6 is 0 Å². The molecule has 5 nitrogen and oxygen atoms in total. The van der Waals surface area contributed by atoms with E-state index in [0.717, 1.165) is 37.2 Å². The molecule has 0 aromatic carbocycles. The van der Waals surface area contributed by atoms with Crippen LogP contribution in [0.15, 0.2) is 6.07 Å². The van der Waals surface area contributed by atoms with E-state index in [1.165, 1.54) is 0 Å². The van der Waals surface area contributed by atoms with Gasteiger partial charge in [-0.3, -0.25) is 14.8 Å². The van der Waals surface area contributed by atoms with Crippen LogP contribution in [0.5, 0.6) is 0 Å². The topological polar surface area (TPSA) is 69.2 Å². The van der Waals surface area contributed by atoms with Crippen molar-refractivity contribution in [1.29, 1.82) is 0 Å². The number of aliphatic carboxylic acids is 1. The average molecular weight is 265 g/mol. The molecule has 2 rings (SSSR count). The van der Waals surface area contributed by atoms with Gasteiger partial charge >= 0.3 is 5.97 Å². The number of nitrogens with one attached hydrogen (secondary N) is 1. The number of carboxylic acid groups (broad SMARTS) is 1. The van der Waals surface area contributed by atoms with E-state index in [4.69, 9.17) is 0 Å². The fraction of sp³-hybridized carbons (Fsp3) is 0.714. The molecule has 1 aromatic heterocycles. The standard InChI is InChI=1S/C14H23N3O2/c1-14(2,3)12-8-10(15-16-12)9-17-7-5-4-6-11(17)13(18)19/h8,11H,4-7,9H2,1-3H3,(H,15,16)(H,18,19). The van der Waals surface area contributed by atoms with Crippen molar-refractivity contribution in [1.82, 2.24) is 15.1 Å². The van der Waals surface area contributed by atoms with Crippen molar-refractivity contribution in [2.45, 2.75) is 58.0 Å². The van der Waals surface area contributed by atoms with Crippen LogP contribution in [-0.2, 0) is 16.8 Å². The zero-order valence-corrected chi connectivity index (χ0v) is 11.9. The highest BCUT2D eigenvalue weighted by molar-refractivity contribution is 5.73. The largest absolute Gasteiger partial charge is 0.480 e. The highest BCUT2D eigenvalue weighted by Gasteiger charge is 2.29. The van der Waals surface area contributed by atoms with Crippen molar-refractivity contribution >= 4 is 5.97 Å². The molecule has 1 atom stereocenters. The second-order valence-electron chi connectivity index (χ2n) is 6.35. The molecular formula is C14H23N3O2. The molecule has 1 aliphatic heterocycles. The number of H-pyrrole nitrogens is 1. The van der Waals surface area contributed by atoms with E-state index < -0.39 is 5.97 Å². The van der Waals surface area contributed by atoms with Gasteiger partial charge in [0.05, 0.1) is 5.69 Å². The molecule has 1 fully saturated rings. The van der Waals surface area contributed by atoms with Gasteiger partial charge in [-0.2, -0.15) is 5.10 Å². The lowest BCUT2D eigenvalue weighted by Gasteiger charge is -2.32. The summed E-state index contributed by atoms with van der Waals surface area (Å²) in [6.45, 7) is 7.84. The third-order valence-electron chi connectivity index (χ3n) is 3.67. The predicted octanol–water partition coefficient (Wildman–Crippen LogP) is 2.15. The van der Waals surface area contributed by atoms with Gasteiger partial charge in [-0.05, 0) is 25.5 Å². The van der Waals surface area contributed by atoms with Crippen LogP contribution in [0.25, 0.3) is 0 Å². The Morgan fingerprint density at radius 2 is 2.26 bits per heavy atom. The highest BCUT2D eigenvalue weighted by Crippen LogP contribution is 2.23. The third kappa shape index (κ3) is 3.35. The number of likely N-dealkylation sites (tertiary alicyclic amines) is 1. The molecule has 19 heavy (non-hydrogen) atoms. The van der Waals surface area contributed by atoms with Crippen LogP contribution in [0.3, 0.4) is 0 Å². The number of nitrogens with zero attached hydrogens (tertiary/aromatic N) is 2. The minimum atomic E-state index is -0.713. The Hall–Kier alpha value is -1.36. The highest BCUT2D eigenvalue weighted by atomic mass is 16.4. The van der Waals surface area contributed by atoms with Crippen LogP contribution in [0.2, 0.25) is 0 Å². The smallest absolute Gasteiger partial charge is 0.320 e. The molecule has 2 N–H and O–H groups in total. The Balaban J connectivity index is 2.07. The number of carboxylic acids is 1. The SMILES string of the molecule is CC(C)(C)c1cc(CN2CCCCC2C(=O)O)[nH]n1. The second kappa shape index (κ2) is 5.33. The number of hydrogen-bond donors (Lipinski definition) is 2. The van der Waals surface area contributed by atoms with E-state index in [2.05, 4.69) is 31.0 Å². The Labute approximate surface area is 114 Å². The maximum Gasteiger partial charge on any atom is 0.320 e. The molecule has 1 saturated heterocycles. The van der Waals surface area contributed by atoms with Crippen LogP contribution in [0, 0.1) is 0 Å². The molecule has 2 heterocycles. The van der Waals surface area contributed by atoms with Gasteiger partial charge in [-0.15, -0.1) is 0 Å². The van der Waals surface area contributed by atoms with Crippen LogP contribution in [0.4, 0.5) is 0 Å².